The summed E-state index contributed by atoms with van der Waals surface area (Å²) in [6.45, 7) is 6.50. The molecule has 3 saturated heterocycles. The zero-order valence-electron chi connectivity index (χ0n) is 11.5. The highest BCUT2D eigenvalue weighted by Gasteiger charge is 2.45. The minimum Gasteiger partial charge on any atom is -0.480 e. The van der Waals surface area contributed by atoms with Crippen LogP contribution in [0.4, 0.5) is 0 Å². The molecule has 3 rings (SSSR count). The summed E-state index contributed by atoms with van der Waals surface area (Å²) in [7, 11) is 0. The Bertz CT molecular complexity index is 326. The molecule has 19 heavy (non-hydrogen) atoms. The largest absolute Gasteiger partial charge is 0.480 e. The van der Waals surface area contributed by atoms with Crippen LogP contribution in [-0.4, -0.2) is 72.9 Å². The average Bonchev–Trinajstić information content (AvgIpc) is 2.82. The van der Waals surface area contributed by atoms with Gasteiger partial charge in [-0.25, -0.2) is 0 Å². The van der Waals surface area contributed by atoms with Gasteiger partial charge in [0.1, 0.15) is 0 Å². The summed E-state index contributed by atoms with van der Waals surface area (Å²) >= 11 is 0. The lowest BCUT2D eigenvalue weighted by atomic mass is 9.72. The Morgan fingerprint density at radius 1 is 1.26 bits per heavy atom. The lowest BCUT2D eigenvalue weighted by molar-refractivity contribution is -0.143. The zero-order chi connectivity index (χ0) is 13.3. The molecule has 0 amide bonds. The second-order valence-corrected chi connectivity index (χ2v) is 6.47. The number of aliphatic carboxylic acids is 1. The molecule has 1 spiro atoms. The van der Waals surface area contributed by atoms with E-state index in [1.807, 2.05) is 0 Å². The van der Waals surface area contributed by atoms with Crippen LogP contribution in [0, 0.1) is 5.41 Å². The first-order valence-corrected chi connectivity index (χ1v) is 7.43. The minimum absolute atomic E-state index is 0.210. The third kappa shape index (κ3) is 3.09. The quantitative estimate of drug-likeness (QED) is 0.811. The Labute approximate surface area is 114 Å². The molecule has 0 aromatic heterocycles. The predicted molar refractivity (Wildman–Crippen MR) is 71.2 cm³/mol. The van der Waals surface area contributed by atoms with Gasteiger partial charge in [0, 0.05) is 26.2 Å². The van der Waals surface area contributed by atoms with Gasteiger partial charge in [-0.15, -0.1) is 0 Å². The van der Waals surface area contributed by atoms with E-state index in [-0.39, 0.29) is 6.54 Å². The summed E-state index contributed by atoms with van der Waals surface area (Å²) in [5.41, 5.74) is 0.419. The van der Waals surface area contributed by atoms with Crippen LogP contribution in [0.1, 0.15) is 25.7 Å². The minimum atomic E-state index is -0.703. The van der Waals surface area contributed by atoms with Crippen LogP contribution < -0.4 is 0 Å². The van der Waals surface area contributed by atoms with Gasteiger partial charge in [0.2, 0.25) is 0 Å². The van der Waals surface area contributed by atoms with Crippen molar-refractivity contribution < 1.29 is 14.6 Å². The number of hydrogen-bond donors (Lipinski definition) is 1. The Morgan fingerprint density at radius 2 is 2.00 bits per heavy atom. The van der Waals surface area contributed by atoms with Gasteiger partial charge in [0.15, 0.2) is 0 Å². The Balaban J connectivity index is 1.39. The maximum absolute atomic E-state index is 10.7. The van der Waals surface area contributed by atoms with Crippen molar-refractivity contribution in [1.29, 1.82) is 0 Å². The number of carboxylic acid groups (broad SMARTS) is 1. The molecule has 5 nitrogen and oxygen atoms in total. The van der Waals surface area contributed by atoms with Crippen LogP contribution in [0.2, 0.25) is 0 Å². The number of carboxylic acids is 1. The number of rotatable bonds is 4. The van der Waals surface area contributed by atoms with E-state index >= 15 is 0 Å². The highest BCUT2D eigenvalue weighted by atomic mass is 16.5. The predicted octanol–water partition coefficient (Wildman–Crippen LogP) is 0.648. The molecule has 0 aromatic rings. The van der Waals surface area contributed by atoms with E-state index in [1.165, 1.54) is 25.7 Å². The highest BCUT2D eigenvalue weighted by molar-refractivity contribution is 5.69. The van der Waals surface area contributed by atoms with Crippen molar-refractivity contribution in [3.8, 4) is 0 Å². The highest BCUT2D eigenvalue weighted by Crippen LogP contribution is 2.40. The van der Waals surface area contributed by atoms with E-state index < -0.39 is 5.97 Å². The van der Waals surface area contributed by atoms with E-state index in [0.717, 1.165) is 39.3 Å². The van der Waals surface area contributed by atoms with E-state index in [0.29, 0.717) is 11.5 Å². The maximum Gasteiger partial charge on any atom is 0.317 e. The van der Waals surface area contributed by atoms with Crippen LogP contribution in [0.3, 0.4) is 0 Å². The molecule has 3 aliphatic heterocycles. The third-order valence-corrected chi connectivity index (χ3v) is 4.88. The van der Waals surface area contributed by atoms with Gasteiger partial charge in [-0.2, -0.15) is 0 Å². The summed E-state index contributed by atoms with van der Waals surface area (Å²) in [4.78, 5) is 15.2. The van der Waals surface area contributed by atoms with Gasteiger partial charge in [-0.05, 0) is 44.2 Å². The Morgan fingerprint density at radius 3 is 2.58 bits per heavy atom. The fourth-order valence-electron chi connectivity index (χ4n) is 3.81. The molecule has 108 valence electrons. The Hall–Kier alpha value is -0.650. The van der Waals surface area contributed by atoms with E-state index in [4.69, 9.17) is 9.84 Å². The summed E-state index contributed by atoms with van der Waals surface area (Å²) in [5.74, 6) is -0.703. The standard InChI is InChI=1S/C14H24N2O3/c17-13(18)9-16-10-14(11-16)3-5-15(6-4-14)8-12-2-1-7-19-12/h12H,1-11H2,(H,17,18). The Kier molecular flexibility index (Phi) is 3.78. The molecular weight excluding hydrogens is 244 g/mol. The normalized spacial score (nSPS) is 31.5. The molecule has 3 fully saturated rings. The molecule has 0 bridgehead atoms. The van der Waals surface area contributed by atoms with Crippen molar-refractivity contribution in [3.05, 3.63) is 0 Å². The SMILES string of the molecule is O=C(O)CN1CC2(CCN(CC3CCCO3)CC2)C1. The monoisotopic (exact) mass is 268 g/mol. The van der Waals surface area contributed by atoms with Crippen LogP contribution in [0.25, 0.3) is 0 Å². The van der Waals surface area contributed by atoms with Gasteiger partial charge in [-0.3, -0.25) is 9.69 Å². The number of carbonyl (C=O) groups is 1. The molecule has 0 radical (unpaired) electrons. The second kappa shape index (κ2) is 5.38. The number of ether oxygens (including phenoxy) is 1. The van der Waals surface area contributed by atoms with Gasteiger partial charge >= 0.3 is 5.97 Å². The zero-order valence-corrected chi connectivity index (χ0v) is 11.5. The van der Waals surface area contributed by atoms with Crippen molar-refractivity contribution >= 4 is 5.97 Å². The van der Waals surface area contributed by atoms with Crippen molar-refractivity contribution in [2.45, 2.75) is 31.8 Å². The molecule has 1 unspecified atom stereocenters. The van der Waals surface area contributed by atoms with Gasteiger partial charge in [0.25, 0.3) is 0 Å². The molecule has 1 atom stereocenters. The topological polar surface area (TPSA) is 53.0 Å². The van der Waals surface area contributed by atoms with Crippen LogP contribution in [-0.2, 0) is 9.53 Å². The van der Waals surface area contributed by atoms with E-state index in [9.17, 15) is 4.79 Å². The first-order chi connectivity index (χ1) is 9.15. The summed E-state index contributed by atoms with van der Waals surface area (Å²) in [5, 5.41) is 8.77. The lowest BCUT2D eigenvalue weighted by Gasteiger charge is -2.53. The molecular formula is C14H24N2O3. The fraction of sp³-hybridized carbons (Fsp3) is 0.929. The van der Waals surface area contributed by atoms with Gasteiger partial charge < -0.3 is 14.7 Å². The smallest absolute Gasteiger partial charge is 0.317 e. The molecule has 0 aliphatic carbocycles. The second-order valence-electron chi connectivity index (χ2n) is 6.47. The number of likely N-dealkylation sites (tertiary alicyclic amines) is 2. The van der Waals surface area contributed by atoms with Crippen molar-refractivity contribution in [3.63, 3.8) is 0 Å². The first kappa shape index (κ1) is 13.3. The van der Waals surface area contributed by atoms with Crippen LogP contribution >= 0.6 is 0 Å². The van der Waals surface area contributed by atoms with Crippen LogP contribution in [0.5, 0.6) is 0 Å². The number of nitrogens with zero attached hydrogens (tertiary/aromatic N) is 2. The molecule has 1 N–H and O–H groups in total. The summed E-state index contributed by atoms with van der Waals surface area (Å²) in [6.07, 6.45) is 5.32. The van der Waals surface area contributed by atoms with Crippen molar-refractivity contribution in [1.82, 2.24) is 9.80 Å². The molecule has 0 saturated carbocycles. The maximum atomic E-state index is 10.7. The van der Waals surface area contributed by atoms with E-state index in [2.05, 4.69) is 9.80 Å². The van der Waals surface area contributed by atoms with Crippen LogP contribution in [0.15, 0.2) is 0 Å². The molecule has 3 aliphatic rings. The van der Waals surface area contributed by atoms with Gasteiger partial charge in [-0.1, -0.05) is 0 Å². The molecule has 0 aromatic carbocycles. The third-order valence-electron chi connectivity index (χ3n) is 4.88. The average molecular weight is 268 g/mol. The molecule has 3 heterocycles. The number of hydrogen-bond acceptors (Lipinski definition) is 4. The van der Waals surface area contributed by atoms with Gasteiger partial charge in [0.05, 0.1) is 12.6 Å². The number of piperidine rings is 1. The lowest BCUT2D eigenvalue weighted by Crippen LogP contribution is -2.61. The van der Waals surface area contributed by atoms with Crippen molar-refractivity contribution in [2.75, 3.05) is 45.9 Å². The van der Waals surface area contributed by atoms with E-state index in [1.54, 1.807) is 0 Å². The summed E-state index contributed by atoms with van der Waals surface area (Å²) in [6, 6.07) is 0. The first-order valence-electron chi connectivity index (χ1n) is 7.43. The van der Waals surface area contributed by atoms with Crippen molar-refractivity contribution in [2.24, 2.45) is 5.41 Å². The summed E-state index contributed by atoms with van der Waals surface area (Å²) < 4.78 is 5.69. The molecule has 5 heteroatoms. The fourth-order valence-corrected chi connectivity index (χ4v) is 3.81.